The van der Waals surface area contributed by atoms with Crippen LogP contribution in [0.1, 0.15) is 24.0 Å². The minimum atomic E-state index is -0.863. The molecule has 1 fully saturated rings. The number of ether oxygens (including phenoxy) is 2. The zero-order chi connectivity index (χ0) is 22.0. The number of hydrogen-bond acceptors (Lipinski definition) is 2. The molecule has 5 heteroatoms. The summed E-state index contributed by atoms with van der Waals surface area (Å²) in [6.07, 6.45) is 1.59. The molecule has 3 aromatic carbocycles. The lowest BCUT2D eigenvalue weighted by molar-refractivity contribution is -0.159. The molecular weight excluding hydrogens is 401 g/mol. The fourth-order valence-corrected chi connectivity index (χ4v) is 3.78. The average molecular weight is 424 g/mol. The molecule has 0 N–H and O–H groups in total. The molecule has 2 nitrogen and oxygen atoms in total. The van der Waals surface area contributed by atoms with E-state index >= 15 is 0 Å². The van der Waals surface area contributed by atoms with Gasteiger partial charge in [0.2, 0.25) is 0 Å². The highest BCUT2D eigenvalue weighted by Crippen LogP contribution is 2.32. The summed E-state index contributed by atoms with van der Waals surface area (Å²) in [7, 11) is 0. The van der Waals surface area contributed by atoms with E-state index in [1.807, 2.05) is 6.07 Å². The Hall–Kier alpha value is -2.89. The van der Waals surface area contributed by atoms with Crippen molar-refractivity contribution in [3.8, 4) is 22.3 Å². The predicted molar refractivity (Wildman–Crippen MR) is 115 cm³/mol. The first-order valence-electron chi connectivity index (χ1n) is 10.2. The third-order valence-electron chi connectivity index (χ3n) is 5.63. The van der Waals surface area contributed by atoms with E-state index in [0.29, 0.717) is 41.9 Å². The van der Waals surface area contributed by atoms with Crippen LogP contribution in [0.25, 0.3) is 22.3 Å². The maximum atomic E-state index is 14.9. The van der Waals surface area contributed by atoms with Gasteiger partial charge in [-0.1, -0.05) is 62.0 Å². The molecule has 0 atom stereocenters. The average Bonchev–Trinajstić information content (AvgIpc) is 2.81. The van der Waals surface area contributed by atoms with Crippen molar-refractivity contribution in [3.63, 3.8) is 0 Å². The molecule has 160 valence electrons. The lowest BCUT2D eigenvalue weighted by atomic mass is 9.95. The number of hydrogen-bond donors (Lipinski definition) is 0. The minimum absolute atomic E-state index is 0.0499. The topological polar surface area (TPSA) is 18.5 Å². The van der Waals surface area contributed by atoms with Crippen LogP contribution >= 0.6 is 0 Å². The zero-order valence-corrected chi connectivity index (χ0v) is 17.2. The van der Waals surface area contributed by atoms with Crippen molar-refractivity contribution in [2.45, 2.75) is 25.6 Å². The van der Waals surface area contributed by atoms with Gasteiger partial charge < -0.3 is 9.47 Å². The molecule has 3 aromatic rings. The Morgan fingerprint density at radius 1 is 0.871 bits per heavy atom. The predicted octanol–water partition coefficient (Wildman–Crippen LogP) is 6.64. The zero-order valence-electron chi connectivity index (χ0n) is 17.2. The Kier molecular flexibility index (Phi) is 6.25. The van der Waals surface area contributed by atoms with Crippen molar-refractivity contribution < 1.29 is 22.6 Å². The highest BCUT2D eigenvalue weighted by atomic mass is 19.2. The summed E-state index contributed by atoms with van der Waals surface area (Å²) in [6.45, 7) is 6.28. The van der Waals surface area contributed by atoms with Crippen LogP contribution in [-0.2, 0) is 15.9 Å². The van der Waals surface area contributed by atoms with Gasteiger partial charge in [-0.25, -0.2) is 13.2 Å². The van der Waals surface area contributed by atoms with Gasteiger partial charge in [0.15, 0.2) is 17.9 Å². The summed E-state index contributed by atoms with van der Waals surface area (Å²) in [5, 5.41) is 0. The number of halogens is 3. The maximum absolute atomic E-state index is 14.9. The number of aryl methyl sites for hydroxylation is 1. The Balaban J connectivity index is 1.56. The Bertz CT molecular complexity index is 1080. The minimum Gasteiger partial charge on any atom is -0.348 e. The van der Waals surface area contributed by atoms with Crippen LogP contribution in [0.2, 0.25) is 0 Å². The molecule has 1 aliphatic rings. The third kappa shape index (κ3) is 4.29. The van der Waals surface area contributed by atoms with Gasteiger partial charge in [0.1, 0.15) is 5.82 Å². The van der Waals surface area contributed by atoms with Crippen LogP contribution in [0.15, 0.2) is 67.3 Å². The van der Waals surface area contributed by atoms with E-state index in [1.54, 1.807) is 55.5 Å². The number of benzene rings is 3. The molecule has 0 radical (unpaired) electrons. The van der Waals surface area contributed by atoms with Crippen LogP contribution in [0.3, 0.4) is 0 Å². The summed E-state index contributed by atoms with van der Waals surface area (Å²) < 4.78 is 54.4. The second-order valence-electron chi connectivity index (χ2n) is 7.54. The van der Waals surface area contributed by atoms with Crippen LogP contribution in [0.5, 0.6) is 0 Å². The van der Waals surface area contributed by atoms with E-state index in [0.717, 1.165) is 5.56 Å². The second-order valence-corrected chi connectivity index (χ2v) is 7.54. The number of rotatable bonds is 5. The fraction of sp³-hybridized carbons (Fsp3) is 0.231. The largest absolute Gasteiger partial charge is 0.348 e. The normalized spacial score (nSPS) is 18.7. The Morgan fingerprint density at radius 2 is 1.48 bits per heavy atom. The second kappa shape index (κ2) is 9.08. The molecule has 0 aliphatic carbocycles. The maximum Gasteiger partial charge on any atom is 0.176 e. The van der Waals surface area contributed by atoms with E-state index in [4.69, 9.17) is 9.47 Å². The Labute approximate surface area is 179 Å². The molecule has 31 heavy (non-hydrogen) atoms. The summed E-state index contributed by atoms with van der Waals surface area (Å²) in [6, 6.07) is 15.0. The van der Waals surface area contributed by atoms with Crippen molar-refractivity contribution in [2.75, 3.05) is 13.2 Å². The van der Waals surface area contributed by atoms with Gasteiger partial charge in [0.05, 0.1) is 13.2 Å². The van der Waals surface area contributed by atoms with Gasteiger partial charge in [-0.15, -0.1) is 0 Å². The fourth-order valence-electron chi connectivity index (χ4n) is 3.78. The summed E-state index contributed by atoms with van der Waals surface area (Å²) in [4.78, 5) is 0. The van der Waals surface area contributed by atoms with Crippen molar-refractivity contribution in [3.05, 3.63) is 95.8 Å². The van der Waals surface area contributed by atoms with Gasteiger partial charge in [0.25, 0.3) is 0 Å². The van der Waals surface area contributed by atoms with Crippen molar-refractivity contribution in [1.82, 2.24) is 0 Å². The van der Waals surface area contributed by atoms with Gasteiger partial charge in [-0.2, -0.15) is 0 Å². The standard InChI is InChI=1S/C26H23F3O2/c1-3-16-9-12-22(26(29)25(16)28)18-7-5-17(6-8-18)21-11-10-19(13-23(21)27)20-14-30-24(4-2)31-15-20/h4-13,20,24H,2-3,14-15H2,1H3. The van der Waals surface area contributed by atoms with E-state index in [1.165, 1.54) is 6.07 Å². The summed E-state index contributed by atoms with van der Waals surface area (Å²) in [5.41, 5.74) is 2.95. The molecule has 0 amide bonds. The molecule has 4 rings (SSSR count). The van der Waals surface area contributed by atoms with Crippen molar-refractivity contribution in [1.29, 1.82) is 0 Å². The van der Waals surface area contributed by atoms with E-state index in [9.17, 15) is 13.2 Å². The summed E-state index contributed by atoms with van der Waals surface area (Å²) >= 11 is 0. The lowest BCUT2D eigenvalue weighted by Gasteiger charge is -2.28. The highest BCUT2D eigenvalue weighted by molar-refractivity contribution is 5.71. The molecule has 1 aliphatic heterocycles. The van der Waals surface area contributed by atoms with Gasteiger partial charge >= 0.3 is 0 Å². The summed E-state index contributed by atoms with van der Waals surface area (Å²) in [5.74, 6) is -2.09. The highest BCUT2D eigenvalue weighted by Gasteiger charge is 2.22. The van der Waals surface area contributed by atoms with E-state index in [-0.39, 0.29) is 17.3 Å². The first kappa shape index (κ1) is 21.3. The van der Waals surface area contributed by atoms with Crippen molar-refractivity contribution >= 4 is 0 Å². The molecule has 0 aromatic heterocycles. The van der Waals surface area contributed by atoms with E-state index < -0.39 is 17.9 Å². The molecule has 0 bridgehead atoms. The van der Waals surface area contributed by atoms with Crippen LogP contribution in [-0.4, -0.2) is 19.5 Å². The molecule has 0 spiro atoms. The lowest BCUT2D eigenvalue weighted by Crippen LogP contribution is -2.29. The monoisotopic (exact) mass is 424 g/mol. The quantitative estimate of drug-likeness (QED) is 0.427. The smallest absolute Gasteiger partial charge is 0.176 e. The molecule has 0 unspecified atom stereocenters. The van der Waals surface area contributed by atoms with Crippen LogP contribution < -0.4 is 0 Å². The van der Waals surface area contributed by atoms with Gasteiger partial charge in [-0.05, 0) is 40.8 Å². The Morgan fingerprint density at radius 3 is 2.06 bits per heavy atom. The first-order valence-corrected chi connectivity index (χ1v) is 10.2. The molecular formula is C26H23F3O2. The van der Waals surface area contributed by atoms with Crippen LogP contribution in [0, 0.1) is 17.5 Å². The van der Waals surface area contributed by atoms with Crippen molar-refractivity contribution in [2.24, 2.45) is 0 Å². The van der Waals surface area contributed by atoms with Gasteiger partial charge in [0, 0.05) is 17.0 Å². The molecule has 1 saturated heterocycles. The van der Waals surface area contributed by atoms with E-state index in [2.05, 4.69) is 6.58 Å². The van der Waals surface area contributed by atoms with Crippen LogP contribution in [0.4, 0.5) is 13.2 Å². The third-order valence-corrected chi connectivity index (χ3v) is 5.63. The molecule has 1 heterocycles. The SMILES string of the molecule is C=CC1OCC(c2ccc(-c3ccc(-c4ccc(CC)c(F)c4F)cc3)c(F)c2)CO1. The first-order chi connectivity index (χ1) is 15.0. The van der Waals surface area contributed by atoms with Gasteiger partial charge in [-0.3, -0.25) is 0 Å². The molecule has 0 saturated carbocycles.